The predicted molar refractivity (Wildman–Crippen MR) is 69.8 cm³/mol. The van der Waals surface area contributed by atoms with E-state index >= 15 is 0 Å². The van der Waals surface area contributed by atoms with E-state index in [9.17, 15) is 9.90 Å². The molecule has 0 radical (unpaired) electrons. The van der Waals surface area contributed by atoms with Crippen LogP contribution in [0.2, 0.25) is 0 Å². The van der Waals surface area contributed by atoms with E-state index in [0.717, 1.165) is 30.9 Å². The maximum Gasteiger partial charge on any atom is 0.255 e. The summed E-state index contributed by atoms with van der Waals surface area (Å²) >= 11 is 0. The number of rotatable bonds is 5. The number of unbranched alkanes of at least 4 members (excludes halogenated alkanes) is 1. The van der Waals surface area contributed by atoms with Gasteiger partial charge >= 0.3 is 0 Å². The van der Waals surface area contributed by atoms with Crippen molar-refractivity contribution >= 4 is 11.6 Å². The van der Waals surface area contributed by atoms with Crippen molar-refractivity contribution in [2.45, 2.75) is 32.3 Å². The predicted octanol–water partition coefficient (Wildman–Crippen LogP) is 1.96. The van der Waals surface area contributed by atoms with Crippen LogP contribution in [0.5, 0.6) is 5.75 Å². The van der Waals surface area contributed by atoms with Gasteiger partial charge in [-0.3, -0.25) is 4.79 Å². The first-order valence-corrected chi connectivity index (χ1v) is 6.44. The first-order valence-electron chi connectivity index (χ1n) is 6.44. The molecule has 1 aliphatic heterocycles. The van der Waals surface area contributed by atoms with Gasteiger partial charge < -0.3 is 14.7 Å². The molecule has 18 heavy (non-hydrogen) atoms. The van der Waals surface area contributed by atoms with Gasteiger partial charge in [0.15, 0.2) is 0 Å². The molecule has 98 valence electrons. The third kappa shape index (κ3) is 2.82. The summed E-state index contributed by atoms with van der Waals surface area (Å²) in [5, 5.41) is 9.41. The molecular weight excluding hydrogens is 230 g/mol. The second-order valence-corrected chi connectivity index (χ2v) is 4.49. The molecule has 1 amide bonds. The summed E-state index contributed by atoms with van der Waals surface area (Å²) in [6.07, 6.45) is 1.81. The number of anilines is 1. The molecular formula is C14H19NO3. The van der Waals surface area contributed by atoms with E-state index in [4.69, 9.17) is 4.74 Å². The Morgan fingerprint density at radius 1 is 1.39 bits per heavy atom. The van der Waals surface area contributed by atoms with Crippen molar-refractivity contribution in [3.63, 3.8) is 0 Å². The van der Waals surface area contributed by atoms with Crippen LogP contribution < -0.4 is 9.64 Å². The van der Waals surface area contributed by atoms with Crippen molar-refractivity contribution in [1.29, 1.82) is 0 Å². The zero-order chi connectivity index (χ0) is 13.0. The summed E-state index contributed by atoms with van der Waals surface area (Å²) < 4.78 is 5.56. The molecule has 4 nitrogen and oxygen atoms in total. The highest BCUT2D eigenvalue weighted by molar-refractivity contribution is 5.98. The Morgan fingerprint density at radius 3 is 2.67 bits per heavy atom. The monoisotopic (exact) mass is 249 g/mol. The minimum Gasteiger partial charge on any atom is -0.494 e. The standard InChI is InChI=1S/C14H19NO3/c1-2-3-10-18-12-6-4-11(5-7-12)15-9-8-13(16)14(15)17/h4-7,13,16H,2-3,8-10H2,1H3. The minimum atomic E-state index is -0.842. The maximum atomic E-state index is 11.6. The van der Waals surface area contributed by atoms with Gasteiger partial charge in [-0.2, -0.15) is 0 Å². The van der Waals surface area contributed by atoms with Gasteiger partial charge in [-0.05, 0) is 30.7 Å². The average molecular weight is 249 g/mol. The lowest BCUT2D eigenvalue weighted by Gasteiger charge is -2.16. The van der Waals surface area contributed by atoms with E-state index in [1.54, 1.807) is 4.90 Å². The van der Waals surface area contributed by atoms with E-state index < -0.39 is 6.10 Å². The molecule has 1 atom stereocenters. The highest BCUT2D eigenvalue weighted by atomic mass is 16.5. The van der Waals surface area contributed by atoms with Gasteiger partial charge in [0.2, 0.25) is 0 Å². The number of aliphatic hydroxyl groups excluding tert-OH is 1. The lowest BCUT2D eigenvalue weighted by atomic mass is 10.2. The van der Waals surface area contributed by atoms with Crippen LogP contribution in [0, 0.1) is 0 Å². The molecule has 0 aromatic heterocycles. The molecule has 1 aliphatic rings. The molecule has 0 bridgehead atoms. The van der Waals surface area contributed by atoms with Crippen LogP contribution in [0.4, 0.5) is 5.69 Å². The van der Waals surface area contributed by atoms with Crippen molar-refractivity contribution in [3.05, 3.63) is 24.3 Å². The van der Waals surface area contributed by atoms with E-state index in [-0.39, 0.29) is 5.91 Å². The second-order valence-electron chi connectivity index (χ2n) is 4.49. The van der Waals surface area contributed by atoms with E-state index in [1.165, 1.54) is 0 Å². The van der Waals surface area contributed by atoms with Crippen LogP contribution in [0.15, 0.2) is 24.3 Å². The van der Waals surface area contributed by atoms with Crippen LogP contribution in [0.25, 0.3) is 0 Å². The normalized spacial score (nSPS) is 19.3. The molecule has 1 aromatic carbocycles. The Morgan fingerprint density at radius 2 is 2.11 bits per heavy atom. The quantitative estimate of drug-likeness (QED) is 0.812. The zero-order valence-electron chi connectivity index (χ0n) is 10.6. The van der Waals surface area contributed by atoms with Gasteiger partial charge in [0.05, 0.1) is 6.61 Å². The molecule has 1 N–H and O–H groups in total. The SMILES string of the molecule is CCCCOc1ccc(N2CCC(O)C2=O)cc1. The Bertz CT molecular complexity index is 402. The second kappa shape index (κ2) is 5.87. The van der Waals surface area contributed by atoms with E-state index in [2.05, 4.69) is 6.92 Å². The Labute approximate surface area is 107 Å². The highest BCUT2D eigenvalue weighted by Gasteiger charge is 2.30. The summed E-state index contributed by atoms with van der Waals surface area (Å²) in [6.45, 7) is 3.42. The van der Waals surface area contributed by atoms with Gasteiger partial charge in [-0.25, -0.2) is 0 Å². The van der Waals surface area contributed by atoms with Gasteiger partial charge in [0, 0.05) is 18.7 Å². The van der Waals surface area contributed by atoms with Crippen molar-refractivity contribution in [2.75, 3.05) is 18.1 Å². The topological polar surface area (TPSA) is 49.8 Å². The van der Waals surface area contributed by atoms with Gasteiger partial charge in [0.25, 0.3) is 5.91 Å². The Kier molecular flexibility index (Phi) is 4.20. The van der Waals surface area contributed by atoms with Gasteiger partial charge in [-0.1, -0.05) is 13.3 Å². The smallest absolute Gasteiger partial charge is 0.255 e. The Hall–Kier alpha value is -1.55. The molecule has 2 rings (SSSR count). The van der Waals surface area contributed by atoms with Crippen LogP contribution in [-0.2, 0) is 4.79 Å². The Balaban J connectivity index is 1.97. The van der Waals surface area contributed by atoms with Crippen molar-refractivity contribution < 1.29 is 14.6 Å². The molecule has 4 heteroatoms. The molecule has 0 saturated carbocycles. The summed E-state index contributed by atoms with van der Waals surface area (Å²) in [7, 11) is 0. The summed E-state index contributed by atoms with van der Waals surface area (Å²) in [5.74, 6) is 0.606. The average Bonchev–Trinajstić information content (AvgIpc) is 2.72. The lowest BCUT2D eigenvalue weighted by molar-refractivity contribution is -0.123. The number of hydrogen-bond donors (Lipinski definition) is 1. The van der Waals surface area contributed by atoms with Crippen molar-refractivity contribution in [3.8, 4) is 5.75 Å². The van der Waals surface area contributed by atoms with Crippen LogP contribution in [0.3, 0.4) is 0 Å². The third-order valence-corrected chi connectivity index (χ3v) is 3.09. The molecule has 0 aliphatic carbocycles. The number of carbonyl (C=O) groups excluding carboxylic acids is 1. The first kappa shape index (κ1) is 12.9. The molecule has 1 unspecified atom stereocenters. The van der Waals surface area contributed by atoms with Gasteiger partial charge in [-0.15, -0.1) is 0 Å². The number of amides is 1. The number of benzene rings is 1. The highest BCUT2D eigenvalue weighted by Crippen LogP contribution is 2.24. The largest absolute Gasteiger partial charge is 0.494 e. The molecule has 1 heterocycles. The van der Waals surface area contributed by atoms with Crippen molar-refractivity contribution in [1.82, 2.24) is 0 Å². The molecule has 1 aromatic rings. The lowest BCUT2D eigenvalue weighted by Crippen LogP contribution is -2.28. The van der Waals surface area contributed by atoms with Crippen molar-refractivity contribution in [2.24, 2.45) is 0 Å². The maximum absolute atomic E-state index is 11.6. The van der Waals surface area contributed by atoms with E-state index in [1.807, 2.05) is 24.3 Å². The fourth-order valence-corrected chi connectivity index (χ4v) is 1.98. The summed E-state index contributed by atoms with van der Waals surface area (Å²) in [6, 6.07) is 7.44. The summed E-state index contributed by atoms with van der Waals surface area (Å²) in [4.78, 5) is 13.3. The third-order valence-electron chi connectivity index (χ3n) is 3.09. The first-order chi connectivity index (χ1) is 8.72. The number of hydrogen-bond acceptors (Lipinski definition) is 3. The number of aliphatic hydroxyl groups is 1. The van der Waals surface area contributed by atoms with Crippen LogP contribution >= 0.6 is 0 Å². The van der Waals surface area contributed by atoms with Gasteiger partial charge in [0.1, 0.15) is 11.9 Å². The number of nitrogens with zero attached hydrogens (tertiary/aromatic N) is 1. The molecule has 1 fully saturated rings. The fraction of sp³-hybridized carbons (Fsp3) is 0.500. The summed E-state index contributed by atoms with van der Waals surface area (Å²) in [5.41, 5.74) is 0.819. The van der Waals surface area contributed by atoms with Crippen LogP contribution in [0.1, 0.15) is 26.2 Å². The number of ether oxygens (including phenoxy) is 1. The molecule has 1 saturated heterocycles. The zero-order valence-corrected chi connectivity index (χ0v) is 10.6. The minimum absolute atomic E-state index is 0.213. The number of carbonyl (C=O) groups is 1. The van der Waals surface area contributed by atoms with E-state index in [0.29, 0.717) is 13.0 Å². The van der Waals surface area contributed by atoms with Crippen LogP contribution in [-0.4, -0.2) is 30.3 Å². The fourth-order valence-electron chi connectivity index (χ4n) is 1.98. The molecule has 0 spiro atoms.